The summed E-state index contributed by atoms with van der Waals surface area (Å²) in [5.74, 6) is -0.250. The van der Waals surface area contributed by atoms with Gasteiger partial charge in [-0.25, -0.2) is 9.37 Å². The number of hydrogen-bond donors (Lipinski definition) is 1. The van der Waals surface area contributed by atoms with E-state index >= 15 is 0 Å². The molecule has 1 aromatic carbocycles. The molecule has 0 bridgehead atoms. The van der Waals surface area contributed by atoms with Crippen molar-refractivity contribution in [3.05, 3.63) is 42.0 Å². The second-order valence-corrected chi connectivity index (χ2v) is 4.18. The van der Waals surface area contributed by atoms with E-state index in [-0.39, 0.29) is 5.82 Å². The molecule has 0 unspecified atom stereocenters. The highest BCUT2D eigenvalue weighted by Crippen LogP contribution is 2.29. The molecule has 0 aliphatic heterocycles. The van der Waals surface area contributed by atoms with E-state index in [1.165, 1.54) is 30.2 Å². The van der Waals surface area contributed by atoms with Gasteiger partial charge in [0.1, 0.15) is 12.1 Å². The number of nitrogens with zero attached hydrogens (tertiary/aromatic N) is 1. The van der Waals surface area contributed by atoms with Crippen LogP contribution in [0.2, 0.25) is 0 Å². The third kappa shape index (κ3) is 2.62. The zero-order valence-electron chi connectivity index (χ0n) is 8.52. The SMILES string of the molecule is NCCc1cc(F)ccc1Sc1ncco1. The number of hydrogen-bond acceptors (Lipinski definition) is 4. The summed E-state index contributed by atoms with van der Waals surface area (Å²) in [6.07, 6.45) is 3.73. The lowest BCUT2D eigenvalue weighted by Crippen LogP contribution is -2.04. The lowest BCUT2D eigenvalue weighted by atomic mass is 10.1. The lowest BCUT2D eigenvalue weighted by Gasteiger charge is -2.06. The lowest BCUT2D eigenvalue weighted by molar-refractivity contribution is 0.454. The number of nitrogens with two attached hydrogens (primary N) is 1. The van der Waals surface area contributed by atoms with Crippen molar-refractivity contribution >= 4 is 11.8 Å². The minimum atomic E-state index is -0.250. The van der Waals surface area contributed by atoms with Crippen LogP contribution < -0.4 is 5.73 Å². The summed E-state index contributed by atoms with van der Waals surface area (Å²) in [6, 6.07) is 4.64. The zero-order chi connectivity index (χ0) is 11.4. The van der Waals surface area contributed by atoms with Gasteiger partial charge in [-0.3, -0.25) is 0 Å². The Morgan fingerprint density at radius 2 is 2.31 bits per heavy atom. The number of benzene rings is 1. The van der Waals surface area contributed by atoms with Crippen molar-refractivity contribution in [1.82, 2.24) is 4.98 Å². The van der Waals surface area contributed by atoms with E-state index in [9.17, 15) is 4.39 Å². The highest BCUT2D eigenvalue weighted by Gasteiger charge is 2.08. The summed E-state index contributed by atoms with van der Waals surface area (Å²) in [6.45, 7) is 0.489. The molecule has 0 aliphatic carbocycles. The highest BCUT2D eigenvalue weighted by molar-refractivity contribution is 7.99. The van der Waals surface area contributed by atoms with Gasteiger partial charge in [0.2, 0.25) is 0 Å². The van der Waals surface area contributed by atoms with E-state index < -0.39 is 0 Å². The predicted molar refractivity (Wildman–Crippen MR) is 59.8 cm³/mol. The normalized spacial score (nSPS) is 10.6. The molecule has 2 N–H and O–H groups in total. The zero-order valence-corrected chi connectivity index (χ0v) is 9.34. The second kappa shape index (κ2) is 5.14. The average molecular weight is 238 g/mol. The van der Waals surface area contributed by atoms with Gasteiger partial charge in [-0.15, -0.1) is 0 Å². The van der Waals surface area contributed by atoms with Crippen molar-refractivity contribution in [3.63, 3.8) is 0 Å². The summed E-state index contributed by atoms with van der Waals surface area (Å²) in [4.78, 5) is 4.93. The molecule has 2 aromatic rings. The van der Waals surface area contributed by atoms with E-state index in [2.05, 4.69) is 4.98 Å². The molecular weight excluding hydrogens is 227 g/mol. The standard InChI is InChI=1S/C11H11FN2OS/c12-9-1-2-10(8(7-9)3-4-13)16-11-14-5-6-15-11/h1-2,5-7H,3-4,13H2. The van der Waals surface area contributed by atoms with Crippen LogP contribution in [0.3, 0.4) is 0 Å². The molecule has 0 radical (unpaired) electrons. The molecule has 0 saturated heterocycles. The summed E-state index contributed by atoms with van der Waals surface area (Å²) in [5, 5.41) is 0.546. The second-order valence-electron chi connectivity index (χ2n) is 3.19. The minimum absolute atomic E-state index is 0.250. The molecule has 0 saturated carbocycles. The average Bonchev–Trinajstić information content (AvgIpc) is 2.75. The highest BCUT2D eigenvalue weighted by atomic mass is 32.2. The molecule has 16 heavy (non-hydrogen) atoms. The van der Waals surface area contributed by atoms with Crippen LogP contribution in [0.15, 0.2) is 45.2 Å². The Labute approximate surface area is 96.9 Å². The number of aromatic nitrogens is 1. The van der Waals surface area contributed by atoms with Gasteiger partial charge in [-0.1, -0.05) is 0 Å². The van der Waals surface area contributed by atoms with Crippen LogP contribution in [0.4, 0.5) is 4.39 Å². The van der Waals surface area contributed by atoms with Gasteiger partial charge in [-0.2, -0.15) is 0 Å². The Morgan fingerprint density at radius 1 is 1.44 bits per heavy atom. The monoisotopic (exact) mass is 238 g/mol. The van der Waals surface area contributed by atoms with E-state index in [0.717, 1.165) is 10.5 Å². The molecule has 1 heterocycles. The van der Waals surface area contributed by atoms with Crippen molar-refractivity contribution < 1.29 is 8.81 Å². The first kappa shape index (κ1) is 11.2. The quantitative estimate of drug-likeness (QED) is 0.889. The van der Waals surface area contributed by atoms with Crippen molar-refractivity contribution in [3.8, 4) is 0 Å². The van der Waals surface area contributed by atoms with Gasteiger partial charge >= 0.3 is 0 Å². The Kier molecular flexibility index (Phi) is 3.58. The third-order valence-corrected chi connectivity index (χ3v) is 3.04. The minimum Gasteiger partial charge on any atom is -0.440 e. The molecule has 84 valence electrons. The molecule has 0 spiro atoms. The fourth-order valence-electron chi connectivity index (χ4n) is 1.35. The summed E-state index contributed by atoms with van der Waals surface area (Å²) >= 11 is 1.37. The maximum Gasteiger partial charge on any atom is 0.260 e. The number of halogens is 1. The smallest absolute Gasteiger partial charge is 0.260 e. The van der Waals surface area contributed by atoms with Gasteiger partial charge in [0.05, 0.1) is 6.20 Å². The Balaban J connectivity index is 2.25. The molecule has 0 amide bonds. The van der Waals surface area contributed by atoms with E-state index in [0.29, 0.717) is 18.2 Å². The summed E-state index contributed by atoms with van der Waals surface area (Å²) < 4.78 is 18.2. The fraction of sp³-hybridized carbons (Fsp3) is 0.182. The molecule has 3 nitrogen and oxygen atoms in total. The number of oxazole rings is 1. The molecule has 5 heteroatoms. The Bertz CT molecular complexity index is 459. The van der Waals surface area contributed by atoms with Crippen LogP contribution in [0.5, 0.6) is 0 Å². The fourth-order valence-corrected chi connectivity index (χ4v) is 2.19. The van der Waals surface area contributed by atoms with Crippen LogP contribution >= 0.6 is 11.8 Å². The van der Waals surface area contributed by atoms with Gasteiger partial charge in [0.15, 0.2) is 0 Å². The van der Waals surface area contributed by atoms with Gasteiger partial charge < -0.3 is 10.2 Å². The van der Waals surface area contributed by atoms with Gasteiger partial charge in [-0.05, 0) is 48.5 Å². The molecule has 1 aromatic heterocycles. The maximum atomic E-state index is 13.1. The third-order valence-electron chi connectivity index (χ3n) is 2.04. The Morgan fingerprint density at radius 3 is 3.00 bits per heavy atom. The molecule has 0 fully saturated rings. The van der Waals surface area contributed by atoms with Crippen LogP contribution in [-0.4, -0.2) is 11.5 Å². The van der Waals surface area contributed by atoms with Crippen molar-refractivity contribution in [2.45, 2.75) is 16.5 Å². The largest absolute Gasteiger partial charge is 0.440 e. The first-order valence-electron chi connectivity index (χ1n) is 4.85. The molecule has 0 aliphatic rings. The van der Waals surface area contributed by atoms with Crippen molar-refractivity contribution in [2.75, 3.05) is 6.54 Å². The van der Waals surface area contributed by atoms with Crippen molar-refractivity contribution in [2.24, 2.45) is 5.73 Å². The first-order valence-corrected chi connectivity index (χ1v) is 5.67. The van der Waals surface area contributed by atoms with Crippen LogP contribution in [0.25, 0.3) is 0 Å². The van der Waals surface area contributed by atoms with Crippen LogP contribution in [-0.2, 0) is 6.42 Å². The van der Waals surface area contributed by atoms with Gasteiger partial charge in [0.25, 0.3) is 5.22 Å². The maximum absolute atomic E-state index is 13.1. The van der Waals surface area contributed by atoms with Gasteiger partial charge in [0, 0.05) is 4.90 Å². The predicted octanol–water partition coefficient (Wildman–Crippen LogP) is 2.47. The molecular formula is C11H11FN2OS. The molecule has 0 atom stereocenters. The van der Waals surface area contributed by atoms with Crippen LogP contribution in [0, 0.1) is 5.82 Å². The topological polar surface area (TPSA) is 52.0 Å². The van der Waals surface area contributed by atoms with E-state index in [1.54, 1.807) is 12.3 Å². The summed E-state index contributed by atoms with van der Waals surface area (Å²) in [5.41, 5.74) is 6.36. The molecule has 2 rings (SSSR count). The summed E-state index contributed by atoms with van der Waals surface area (Å²) in [7, 11) is 0. The Hall–Kier alpha value is -1.33. The van der Waals surface area contributed by atoms with E-state index in [4.69, 9.17) is 10.2 Å². The first-order chi connectivity index (χ1) is 7.79. The van der Waals surface area contributed by atoms with Crippen LogP contribution in [0.1, 0.15) is 5.56 Å². The van der Waals surface area contributed by atoms with E-state index in [1.807, 2.05) is 0 Å². The number of rotatable bonds is 4. The van der Waals surface area contributed by atoms with Crippen molar-refractivity contribution in [1.29, 1.82) is 0 Å².